The summed E-state index contributed by atoms with van der Waals surface area (Å²) in [7, 11) is 3.33. The molecule has 1 N–H and O–H groups in total. The van der Waals surface area contributed by atoms with E-state index < -0.39 is 0 Å². The topological polar surface area (TPSA) is 30.5 Å². The molecule has 3 heteroatoms. The zero-order chi connectivity index (χ0) is 15.1. The molecular weight excluding hydrogens is 250 g/mol. The van der Waals surface area contributed by atoms with Crippen molar-refractivity contribution in [2.24, 2.45) is 11.8 Å². The molecule has 0 atom stereocenters. The Morgan fingerprint density at radius 3 is 1.90 bits per heavy atom. The van der Waals surface area contributed by atoms with Crippen molar-refractivity contribution in [3.8, 4) is 11.5 Å². The van der Waals surface area contributed by atoms with Gasteiger partial charge in [-0.25, -0.2) is 0 Å². The maximum Gasteiger partial charge on any atom is 0.162 e. The molecule has 0 spiro atoms. The van der Waals surface area contributed by atoms with Gasteiger partial charge in [0.2, 0.25) is 0 Å². The number of hydrogen-bond acceptors (Lipinski definition) is 3. The van der Waals surface area contributed by atoms with Gasteiger partial charge in [0.25, 0.3) is 0 Å². The van der Waals surface area contributed by atoms with Gasteiger partial charge in [-0.15, -0.1) is 0 Å². The van der Waals surface area contributed by atoms with Gasteiger partial charge in [0.05, 0.1) is 14.2 Å². The van der Waals surface area contributed by atoms with Crippen LogP contribution in [-0.2, 0) is 0 Å². The number of ether oxygens (including phenoxy) is 2. The molecule has 0 heterocycles. The van der Waals surface area contributed by atoms with Crippen molar-refractivity contribution >= 4 is 5.69 Å². The Morgan fingerprint density at radius 2 is 1.45 bits per heavy atom. The Bertz CT molecular complexity index is 392. The maximum atomic E-state index is 5.36. The molecule has 20 heavy (non-hydrogen) atoms. The van der Waals surface area contributed by atoms with Crippen molar-refractivity contribution in [3.63, 3.8) is 0 Å². The van der Waals surface area contributed by atoms with Gasteiger partial charge in [-0.3, -0.25) is 0 Å². The predicted molar refractivity (Wildman–Crippen MR) is 85.9 cm³/mol. The van der Waals surface area contributed by atoms with Crippen LogP contribution in [0.1, 0.15) is 40.5 Å². The molecule has 0 fully saturated rings. The number of methoxy groups -OCH3 is 2. The molecule has 0 amide bonds. The summed E-state index contributed by atoms with van der Waals surface area (Å²) in [5.74, 6) is 2.91. The summed E-state index contributed by atoms with van der Waals surface area (Å²) in [4.78, 5) is 0. The quantitative estimate of drug-likeness (QED) is 0.755. The highest BCUT2D eigenvalue weighted by Crippen LogP contribution is 2.30. The highest BCUT2D eigenvalue weighted by molar-refractivity contribution is 5.55. The maximum absolute atomic E-state index is 5.36. The lowest BCUT2D eigenvalue weighted by Gasteiger charge is -2.24. The first-order valence-electron chi connectivity index (χ1n) is 7.44. The molecular formula is C17H29NO2. The molecule has 0 bridgehead atoms. The monoisotopic (exact) mass is 279 g/mol. The zero-order valence-corrected chi connectivity index (χ0v) is 13.7. The van der Waals surface area contributed by atoms with Crippen molar-refractivity contribution in [1.82, 2.24) is 0 Å². The van der Waals surface area contributed by atoms with Crippen LogP contribution in [0.4, 0.5) is 5.69 Å². The average molecular weight is 279 g/mol. The van der Waals surface area contributed by atoms with E-state index in [2.05, 4.69) is 39.1 Å². The van der Waals surface area contributed by atoms with E-state index >= 15 is 0 Å². The third-order valence-corrected chi connectivity index (χ3v) is 3.27. The van der Waals surface area contributed by atoms with Crippen molar-refractivity contribution in [2.45, 2.75) is 46.6 Å². The lowest BCUT2D eigenvalue weighted by molar-refractivity contribution is 0.355. The first-order valence-corrected chi connectivity index (χ1v) is 7.44. The molecule has 1 rings (SSSR count). The van der Waals surface area contributed by atoms with Crippen LogP contribution in [-0.4, -0.2) is 20.3 Å². The van der Waals surface area contributed by atoms with E-state index in [-0.39, 0.29) is 0 Å². The number of nitrogens with one attached hydrogen (secondary N) is 1. The Morgan fingerprint density at radius 1 is 0.900 bits per heavy atom. The van der Waals surface area contributed by atoms with Crippen molar-refractivity contribution in [2.75, 3.05) is 19.5 Å². The zero-order valence-electron chi connectivity index (χ0n) is 13.7. The van der Waals surface area contributed by atoms with Crippen LogP contribution in [0.5, 0.6) is 11.5 Å². The minimum absolute atomic E-state index is 0.494. The number of hydrogen-bond donors (Lipinski definition) is 1. The Hall–Kier alpha value is -1.38. The van der Waals surface area contributed by atoms with Crippen molar-refractivity contribution < 1.29 is 9.47 Å². The number of anilines is 1. The third kappa shape index (κ3) is 5.32. The van der Waals surface area contributed by atoms with Crippen LogP contribution < -0.4 is 14.8 Å². The van der Waals surface area contributed by atoms with E-state index in [0.717, 1.165) is 17.2 Å². The number of rotatable bonds is 8. The van der Waals surface area contributed by atoms with Gasteiger partial charge in [-0.05, 0) is 36.8 Å². The van der Waals surface area contributed by atoms with E-state index in [9.17, 15) is 0 Å². The van der Waals surface area contributed by atoms with Crippen molar-refractivity contribution in [1.29, 1.82) is 0 Å². The standard InChI is InChI=1S/C17H29NO2/c1-12(2)9-15(10-13(3)4)18-14-7-8-16(19-5)17(11-14)20-6/h7-8,11-13,15,18H,9-10H2,1-6H3. The van der Waals surface area contributed by atoms with Gasteiger partial charge in [0.1, 0.15) is 0 Å². The molecule has 3 nitrogen and oxygen atoms in total. The van der Waals surface area contributed by atoms with E-state index in [1.807, 2.05) is 12.1 Å². The van der Waals surface area contributed by atoms with Gasteiger partial charge in [-0.1, -0.05) is 27.7 Å². The third-order valence-electron chi connectivity index (χ3n) is 3.27. The van der Waals surface area contributed by atoms with Crippen molar-refractivity contribution in [3.05, 3.63) is 18.2 Å². The smallest absolute Gasteiger partial charge is 0.162 e. The largest absolute Gasteiger partial charge is 0.493 e. The second-order valence-electron chi connectivity index (χ2n) is 6.17. The van der Waals surface area contributed by atoms with Crippen LogP contribution in [0, 0.1) is 11.8 Å². The predicted octanol–water partition coefficient (Wildman–Crippen LogP) is 4.58. The Kier molecular flexibility index (Phi) is 6.69. The Balaban J connectivity index is 2.81. The fourth-order valence-corrected chi connectivity index (χ4v) is 2.51. The molecule has 1 aromatic rings. The molecule has 0 aliphatic rings. The SMILES string of the molecule is COc1ccc(NC(CC(C)C)CC(C)C)cc1OC. The second-order valence-corrected chi connectivity index (χ2v) is 6.17. The highest BCUT2D eigenvalue weighted by atomic mass is 16.5. The fourth-order valence-electron chi connectivity index (χ4n) is 2.51. The molecule has 0 aromatic heterocycles. The molecule has 0 unspecified atom stereocenters. The summed E-state index contributed by atoms with van der Waals surface area (Å²) >= 11 is 0. The van der Waals surface area contributed by atoms with E-state index in [1.165, 1.54) is 12.8 Å². The Labute approximate surface area is 123 Å². The molecule has 0 aliphatic carbocycles. The molecule has 1 aromatic carbocycles. The normalized spacial score (nSPS) is 11.2. The van der Waals surface area contributed by atoms with Crippen LogP contribution in [0.2, 0.25) is 0 Å². The van der Waals surface area contributed by atoms with Crippen LogP contribution >= 0.6 is 0 Å². The summed E-state index contributed by atoms with van der Waals surface area (Å²) in [6.45, 7) is 9.07. The summed E-state index contributed by atoms with van der Waals surface area (Å²) in [6, 6.07) is 6.50. The average Bonchev–Trinajstić information content (AvgIpc) is 2.36. The van der Waals surface area contributed by atoms with E-state index in [4.69, 9.17) is 9.47 Å². The summed E-state index contributed by atoms with van der Waals surface area (Å²) in [5.41, 5.74) is 1.09. The summed E-state index contributed by atoms with van der Waals surface area (Å²) in [5, 5.41) is 3.63. The summed E-state index contributed by atoms with van der Waals surface area (Å²) < 4.78 is 10.6. The molecule has 0 radical (unpaired) electrons. The van der Waals surface area contributed by atoms with Crippen LogP contribution in [0.15, 0.2) is 18.2 Å². The lowest BCUT2D eigenvalue weighted by Crippen LogP contribution is -2.23. The fraction of sp³-hybridized carbons (Fsp3) is 0.647. The first-order chi connectivity index (χ1) is 9.46. The van der Waals surface area contributed by atoms with Gasteiger partial charge in [0.15, 0.2) is 11.5 Å². The van der Waals surface area contributed by atoms with Gasteiger partial charge >= 0.3 is 0 Å². The van der Waals surface area contributed by atoms with Gasteiger partial charge in [0, 0.05) is 17.8 Å². The number of benzene rings is 1. The molecule has 0 saturated carbocycles. The minimum atomic E-state index is 0.494. The highest BCUT2D eigenvalue weighted by Gasteiger charge is 2.14. The van der Waals surface area contributed by atoms with E-state index in [1.54, 1.807) is 14.2 Å². The minimum Gasteiger partial charge on any atom is -0.493 e. The van der Waals surface area contributed by atoms with Gasteiger partial charge < -0.3 is 14.8 Å². The van der Waals surface area contributed by atoms with Gasteiger partial charge in [-0.2, -0.15) is 0 Å². The van der Waals surface area contributed by atoms with Crippen LogP contribution in [0.25, 0.3) is 0 Å². The molecule has 0 saturated heterocycles. The summed E-state index contributed by atoms with van der Waals surface area (Å²) in [6.07, 6.45) is 2.35. The van der Waals surface area contributed by atoms with Crippen LogP contribution in [0.3, 0.4) is 0 Å². The second kappa shape index (κ2) is 8.03. The van der Waals surface area contributed by atoms with E-state index in [0.29, 0.717) is 17.9 Å². The molecule has 114 valence electrons. The first kappa shape index (κ1) is 16.7. The molecule has 0 aliphatic heterocycles. The lowest BCUT2D eigenvalue weighted by atomic mass is 9.95.